The largest absolute Gasteiger partial charge is 0.490 e. The highest BCUT2D eigenvalue weighted by molar-refractivity contribution is 6.31. The Balaban J connectivity index is 1.33. The van der Waals surface area contributed by atoms with Crippen molar-refractivity contribution in [3.63, 3.8) is 0 Å². The molecule has 1 aromatic heterocycles. The molecular formula is C23H24ClF3N2O3. The number of aliphatic hydroxyl groups excluding tert-OH is 1. The zero-order chi connectivity index (χ0) is 22.9. The van der Waals surface area contributed by atoms with Gasteiger partial charge in [-0.2, -0.15) is 13.2 Å². The number of halogens is 4. The van der Waals surface area contributed by atoms with Crippen LogP contribution in [0.2, 0.25) is 5.02 Å². The molecule has 3 N–H and O–H groups in total. The van der Waals surface area contributed by atoms with Crippen LogP contribution < -0.4 is 4.74 Å². The zero-order valence-electron chi connectivity index (χ0n) is 17.2. The highest BCUT2D eigenvalue weighted by atomic mass is 35.5. The summed E-state index contributed by atoms with van der Waals surface area (Å²) in [4.78, 5) is 5.08. The minimum atomic E-state index is -4.58. The van der Waals surface area contributed by atoms with Crippen LogP contribution in [0.5, 0.6) is 5.75 Å². The molecule has 0 saturated carbocycles. The van der Waals surface area contributed by atoms with Gasteiger partial charge < -0.3 is 24.8 Å². The summed E-state index contributed by atoms with van der Waals surface area (Å²) in [5.41, 5.74) is -1.16. The lowest BCUT2D eigenvalue weighted by molar-refractivity contribution is -0.137. The van der Waals surface area contributed by atoms with Gasteiger partial charge >= 0.3 is 6.18 Å². The van der Waals surface area contributed by atoms with Gasteiger partial charge in [-0.15, -0.1) is 0 Å². The quantitative estimate of drug-likeness (QED) is 0.496. The van der Waals surface area contributed by atoms with E-state index >= 15 is 0 Å². The molecule has 9 heteroatoms. The van der Waals surface area contributed by atoms with Gasteiger partial charge in [0.2, 0.25) is 0 Å². The van der Waals surface area contributed by atoms with E-state index in [1.807, 2.05) is 35.4 Å². The lowest BCUT2D eigenvalue weighted by Crippen LogP contribution is -2.46. The van der Waals surface area contributed by atoms with Crippen molar-refractivity contribution in [1.29, 1.82) is 0 Å². The van der Waals surface area contributed by atoms with Crippen LogP contribution in [-0.2, 0) is 11.8 Å². The maximum Gasteiger partial charge on any atom is 0.417 e. The average Bonchev–Trinajstić information content (AvgIpc) is 3.23. The fourth-order valence-electron chi connectivity index (χ4n) is 4.15. The number of hydrogen-bond acceptors (Lipinski definition) is 4. The number of aromatic nitrogens is 1. The lowest BCUT2D eigenvalue weighted by atomic mass is 9.83. The average molecular weight is 469 g/mol. The summed E-state index contributed by atoms with van der Waals surface area (Å²) in [5.74, 6) is 0.680. The summed E-state index contributed by atoms with van der Waals surface area (Å²) < 4.78 is 45.3. The van der Waals surface area contributed by atoms with Crippen LogP contribution in [0.15, 0.2) is 48.7 Å². The number of alkyl halides is 3. The van der Waals surface area contributed by atoms with E-state index in [4.69, 9.17) is 16.3 Å². The van der Waals surface area contributed by atoms with Gasteiger partial charge in [0.15, 0.2) is 0 Å². The number of piperidine rings is 1. The van der Waals surface area contributed by atoms with E-state index < -0.39 is 23.4 Å². The van der Waals surface area contributed by atoms with Gasteiger partial charge in [0.1, 0.15) is 18.5 Å². The minimum absolute atomic E-state index is 0.108. The van der Waals surface area contributed by atoms with Gasteiger partial charge in [-0.1, -0.05) is 23.7 Å². The first-order valence-electron chi connectivity index (χ1n) is 10.3. The Morgan fingerprint density at radius 3 is 2.62 bits per heavy atom. The second-order valence-electron chi connectivity index (χ2n) is 8.18. The number of rotatable bonds is 6. The Hall–Kier alpha value is -2.26. The number of ether oxygens (including phenoxy) is 1. The van der Waals surface area contributed by atoms with Crippen LogP contribution in [-0.4, -0.2) is 52.4 Å². The highest BCUT2D eigenvalue weighted by Gasteiger charge is 2.38. The Bertz CT molecular complexity index is 1080. The minimum Gasteiger partial charge on any atom is -0.490 e. The number of H-pyrrole nitrogens is 1. The predicted molar refractivity (Wildman–Crippen MR) is 116 cm³/mol. The molecule has 3 aromatic rings. The molecule has 1 fully saturated rings. The molecule has 172 valence electrons. The summed E-state index contributed by atoms with van der Waals surface area (Å²) in [5, 5.41) is 21.9. The van der Waals surface area contributed by atoms with Gasteiger partial charge in [-0.3, -0.25) is 0 Å². The number of nitrogens with one attached hydrogen (secondary N) is 1. The number of aliphatic hydroxyl groups is 2. The number of aromatic amines is 1. The number of fused-ring (bicyclic) bond motifs is 1. The second kappa shape index (κ2) is 8.94. The molecule has 0 amide bonds. The summed E-state index contributed by atoms with van der Waals surface area (Å²) in [6.45, 7) is 1.32. The van der Waals surface area contributed by atoms with Crippen molar-refractivity contribution < 1.29 is 28.1 Å². The van der Waals surface area contributed by atoms with Crippen LogP contribution in [0, 0.1) is 0 Å². The molecule has 4 rings (SSSR count). The maximum absolute atomic E-state index is 13.2. The first-order valence-corrected chi connectivity index (χ1v) is 10.7. The van der Waals surface area contributed by atoms with Crippen LogP contribution in [0.1, 0.15) is 24.0 Å². The van der Waals surface area contributed by atoms with E-state index in [1.165, 1.54) is 12.1 Å². The smallest absolute Gasteiger partial charge is 0.417 e. The summed E-state index contributed by atoms with van der Waals surface area (Å²) in [7, 11) is 0. The SMILES string of the molecule is O[C@H](COc1cccc2[nH]ccc12)CN1CCC(O)(c2ccc(Cl)c(C(F)(F)F)c2)CC1. The van der Waals surface area contributed by atoms with E-state index in [9.17, 15) is 23.4 Å². The van der Waals surface area contributed by atoms with Gasteiger partial charge in [-0.25, -0.2) is 0 Å². The molecule has 0 radical (unpaired) electrons. The van der Waals surface area contributed by atoms with Crippen LogP contribution in [0.4, 0.5) is 13.2 Å². The third kappa shape index (κ3) is 4.88. The van der Waals surface area contributed by atoms with E-state index in [2.05, 4.69) is 4.98 Å². The van der Waals surface area contributed by atoms with Crippen molar-refractivity contribution in [2.45, 2.75) is 30.7 Å². The fraction of sp³-hybridized carbons (Fsp3) is 0.391. The summed E-state index contributed by atoms with van der Waals surface area (Å²) in [6.07, 6.45) is -3.01. The van der Waals surface area contributed by atoms with Gasteiger partial charge in [0, 0.05) is 36.7 Å². The van der Waals surface area contributed by atoms with Crippen molar-refractivity contribution in [3.05, 3.63) is 64.8 Å². The van der Waals surface area contributed by atoms with Gasteiger partial charge in [0.25, 0.3) is 0 Å². The molecule has 1 saturated heterocycles. The number of β-amino-alcohol motifs (C(OH)–C–C–N with tert-alkyl or cyclic N) is 1. The normalized spacial score (nSPS) is 18.1. The molecule has 2 heterocycles. The molecule has 0 unspecified atom stereocenters. The first-order chi connectivity index (χ1) is 15.2. The van der Waals surface area contributed by atoms with Gasteiger partial charge in [-0.05, 0) is 48.7 Å². The van der Waals surface area contributed by atoms with Crippen molar-refractivity contribution in [1.82, 2.24) is 9.88 Å². The molecule has 1 atom stereocenters. The molecule has 32 heavy (non-hydrogen) atoms. The number of benzene rings is 2. The highest BCUT2D eigenvalue weighted by Crippen LogP contribution is 2.40. The molecule has 2 aromatic carbocycles. The van der Waals surface area contributed by atoms with Gasteiger partial charge in [0.05, 0.1) is 16.2 Å². The molecular weight excluding hydrogens is 445 g/mol. The third-order valence-corrected chi connectivity index (χ3v) is 6.28. The van der Waals surface area contributed by atoms with Crippen molar-refractivity contribution in [2.24, 2.45) is 0 Å². The van der Waals surface area contributed by atoms with E-state index in [1.54, 1.807) is 0 Å². The molecule has 0 spiro atoms. The van der Waals surface area contributed by atoms with E-state index in [0.717, 1.165) is 17.0 Å². The molecule has 1 aliphatic rings. The monoisotopic (exact) mass is 468 g/mol. The standard InChI is InChI=1S/C23H24ClF3N2O3/c24-19-5-4-15(12-18(19)23(25,26)27)22(31)7-10-29(11-8-22)13-16(30)14-32-21-3-1-2-20-17(21)6-9-28-20/h1-6,9,12,16,28,30-31H,7-8,10-11,13-14H2/t16-/m0/s1. The van der Waals surface area contributed by atoms with Crippen LogP contribution in [0.3, 0.4) is 0 Å². The lowest BCUT2D eigenvalue weighted by Gasteiger charge is -2.39. The molecule has 5 nitrogen and oxygen atoms in total. The molecule has 1 aliphatic heterocycles. The van der Waals surface area contributed by atoms with Crippen LogP contribution in [0.25, 0.3) is 10.9 Å². The van der Waals surface area contributed by atoms with Crippen molar-refractivity contribution in [3.8, 4) is 5.75 Å². The second-order valence-corrected chi connectivity index (χ2v) is 8.59. The number of nitrogens with zero attached hydrogens (tertiary/aromatic N) is 1. The summed E-state index contributed by atoms with van der Waals surface area (Å²) >= 11 is 5.69. The summed E-state index contributed by atoms with van der Waals surface area (Å²) in [6, 6.07) is 11.1. The maximum atomic E-state index is 13.2. The number of likely N-dealkylation sites (tertiary alicyclic amines) is 1. The van der Waals surface area contributed by atoms with Crippen molar-refractivity contribution in [2.75, 3.05) is 26.2 Å². The van der Waals surface area contributed by atoms with Crippen molar-refractivity contribution >= 4 is 22.5 Å². The first kappa shape index (κ1) is 22.9. The van der Waals surface area contributed by atoms with Crippen LogP contribution >= 0.6 is 11.6 Å². The Morgan fingerprint density at radius 1 is 1.16 bits per heavy atom. The zero-order valence-corrected chi connectivity index (χ0v) is 18.0. The predicted octanol–water partition coefficient (Wildman–Crippen LogP) is 4.56. The third-order valence-electron chi connectivity index (χ3n) is 5.95. The van der Waals surface area contributed by atoms with E-state index in [-0.39, 0.29) is 30.0 Å². The van der Waals surface area contributed by atoms with E-state index in [0.29, 0.717) is 25.4 Å². The Kier molecular flexibility index (Phi) is 6.40. The number of hydrogen-bond donors (Lipinski definition) is 3. The molecule has 0 bridgehead atoms. The topological polar surface area (TPSA) is 68.7 Å². The Morgan fingerprint density at radius 2 is 1.91 bits per heavy atom. The Labute approximate surface area is 188 Å². The molecule has 0 aliphatic carbocycles. The fourth-order valence-corrected chi connectivity index (χ4v) is 4.37.